The molecule has 0 spiro atoms. The zero-order valence-corrected chi connectivity index (χ0v) is 16.8. The Labute approximate surface area is 157 Å². The first-order valence-corrected chi connectivity index (χ1v) is 10.2. The number of benzene rings is 1. The smallest absolute Gasteiger partial charge is 0.282 e. The van der Waals surface area contributed by atoms with Crippen LogP contribution in [-0.4, -0.2) is 27.0 Å². The molecule has 0 aliphatic heterocycles. The van der Waals surface area contributed by atoms with Crippen LogP contribution in [0, 0.1) is 0 Å². The van der Waals surface area contributed by atoms with E-state index in [4.69, 9.17) is 0 Å². The fourth-order valence-electron chi connectivity index (χ4n) is 3.40. The number of carbonyl (C=O) groups excluding carboxylic acids is 1. The zero-order chi connectivity index (χ0) is 18.3. The van der Waals surface area contributed by atoms with Crippen LogP contribution < -0.4 is 0 Å². The van der Waals surface area contributed by atoms with Gasteiger partial charge < -0.3 is 4.90 Å². The van der Waals surface area contributed by atoms with E-state index in [0.29, 0.717) is 0 Å². The fraction of sp³-hybridized carbons (Fsp3) is 0.500. The molecule has 0 saturated carbocycles. The summed E-state index contributed by atoms with van der Waals surface area (Å²) in [6.45, 7) is 8.38. The summed E-state index contributed by atoms with van der Waals surface area (Å²) in [6.07, 6.45) is 13.1. The van der Waals surface area contributed by atoms with E-state index in [1.807, 2.05) is 11.0 Å². The summed E-state index contributed by atoms with van der Waals surface area (Å²) in [5.41, 5.74) is 1.21. The second kappa shape index (κ2) is 9.28. The van der Waals surface area contributed by atoms with Crippen LogP contribution in [0.25, 0.3) is 6.08 Å². The molecule has 0 saturated heterocycles. The lowest BCUT2D eigenvalue weighted by molar-refractivity contribution is 0.189. The third kappa shape index (κ3) is 5.78. The van der Waals surface area contributed by atoms with Crippen molar-refractivity contribution in [2.75, 3.05) is 0 Å². The Morgan fingerprint density at radius 3 is 2.44 bits per heavy atom. The summed E-state index contributed by atoms with van der Waals surface area (Å²) in [4.78, 5) is 15.0. The minimum Gasteiger partial charge on any atom is -0.329 e. The second-order valence-corrected chi connectivity index (χ2v) is 8.71. The average Bonchev–Trinajstić information content (AvgIpc) is 2.55. The molecular formula is C22H31NOS. The van der Waals surface area contributed by atoms with Gasteiger partial charge in [0.15, 0.2) is 0 Å². The van der Waals surface area contributed by atoms with Crippen LogP contribution >= 0.6 is 11.8 Å². The first kappa shape index (κ1) is 19.8. The Morgan fingerprint density at radius 1 is 1.20 bits per heavy atom. The third-order valence-electron chi connectivity index (χ3n) is 4.58. The quantitative estimate of drug-likeness (QED) is 0.539. The van der Waals surface area contributed by atoms with Gasteiger partial charge in [-0.2, -0.15) is 0 Å². The van der Waals surface area contributed by atoms with E-state index in [-0.39, 0.29) is 22.1 Å². The molecule has 1 aromatic carbocycles. The number of nitrogens with zero attached hydrogens (tertiary/aromatic N) is 1. The van der Waals surface area contributed by atoms with Gasteiger partial charge in [0.05, 0.1) is 0 Å². The molecule has 1 aliphatic rings. The Morgan fingerprint density at radius 2 is 1.88 bits per heavy atom. The van der Waals surface area contributed by atoms with Gasteiger partial charge in [-0.05, 0) is 58.9 Å². The normalized spacial score (nSPS) is 20.6. The van der Waals surface area contributed by atoms with Crippen molar-refractivity contribution in [3.05, 3.63) is 54.1 Å². The second-order valence-electron chi connectivity index (χ2n) is 7.34. The molecule has 2 rings (SSSR count). The number of hydrogen-bond donors (Lipinski definition) is 0. The van der Waals surface area contributed by atoms with Crippen LogP contribution in [-0.2, 0) is 0 Å². The predicted octanol–water partition coefficient (Wildman–Crippen LogP) is 6.54. The van der Waals surface area contributed by atoms with E-state index in [9.17, 15) is 4.79 Å². The van der Waals surface area contributed by atoms with Crippen molar-refractivity contribution in [1.82, 2.24) is 4.90 Å². The SMILES string of the molecule is CC(C)N(C(=O)S[C@@]1(C/C=C/c2ccccc2)C=CCCC1)C(C)C. The van der Waals surface area contributed by atoms with Crippen LogP contribution in [0.2, 0.25) is 0 Å². The number of thioether (sulfide) groups is 1. The minimum atomic E-state index is -0.108. The maximum absolute atomic E-state index is 13.0. The lowest BCUT2D eigenvalue weighted by Gasteiger charge is -2.36. The van der Waals surface area contributed by atoms with Gasteiger partial charge >= 0.3 is 0 Å². The van der Waals surface area contributed by atoms with Crippen molar-refractivity contribution in [1.29, 1.82) is 0 Å². The van der Waals surface area contributed by atoms with Crippen LogP contribution in [0.3, 0.4) is 0 Å². The first-order valence-electron chi connectivity index (χ1n) is 9.34. The van der Waals surface area contributed by atoms with E-state index >= 15 is 0 Å². The van der Waals surface area contributed by atoms with Gasteiger partial charge in [-0.25, -0.2) is 0 Å². The summed E-state index contributed by atoms with van der Waals surface area (Å²) in [6, 6.07) is 10.8. The molecule has 25 heavy (non-hydrogen) atoms. The zero-order valence-electron chi connectivity index (χ0n) is 15.9. The highest BCUT2D eigenvalue weighted by atomic mass is 32.2. The molecule has 3 heteroatoms. The molecule has 1 atom stereocenters. The predicted molar refractivity (Wildman–Crippen MR) is 111 cm³/mol. The lowest BCUT2D eigenvalue weighted by Crippen LogP contribution is -2.42. The number of allylic oxidation sites excluding steroid dienone is 2. The molecule has 0 radical (unpaired) electrons. The van der Waals surface area contributed by atoms with Crippen molar-refractivity contribution >= 4 is 23.1 Å². The molecule has 1 amide bonds. The molecule has 0 unspecified atom stereocenters. The molecule has 0 N–H and O–H groups in total. The molecule has 1 aromatic rings. The average molecular weight is 358 g/mol. The number of rotatable bonds is 6. The minimum absolute atomic E-state index is 0.108. The van der Waals surface area contributed by atoms with Crippen molar-refractivity contribution in [2.24, 2.45) is 0 Å². The summed E-state index contributed by atoms with van der Waals surface area (Å²) in [5.74, 6) is 0. The van der Waals surface area contributed by atoms with E-state index in [1.54, 1.807) is 0 Å². The first-order chi connectivity index (χ1) is 11.9. The number of hydrogen-bond acceptors (Lipinski definition) is 2. The van der Waals surface area contributed by atoms with Gasteiger partial charge in [-0.3, -0.25) is 4.79 Å². The van der Waals surface area contributed by atoms with E-state index in [0.717, 1.165) is 25.7 Å². The molecule has 0 aromatic heterocycles. The Kier molecular flexibility index (Phi) is 7.37. The molecular weight excluding hydrogens is 326 g/mol. The van der Waals surface area contributed by atoms with Gasteiger partial charge in [-0.15, -0.1) is 0 Å². The highest BCUT2D eigenvalue weighted by Gasteiger charge is 2.34. The Bertz CT molecular complexity index is 598. The summed E-state index contributed by atoms with van der Waals surface area (Å²) >= 11 is 1.52. The van der Waals surface area contributed by atoms with Gasteiger partial charge in [-0.1, -0.05) is 66.4 Å². The van der Waals surface area contributed by atoms with E-state index in [1.165, 1.54) is 17.3 Å². The summed E-state index contributed by atoms with van der Waals surface area (Å²) in [7, 11) is 0. The topological polar surface area (TPSA) is 20.3 Å². The van der Waals surface area contributed by atoms with E-state index in [2.05, 4.69) is 76.3 Å². The van der Waals surface area contributed by atoms with Crippen molar-refractivity contribution in [3.63, 3.8) is 0 Å². The third-order valence-corrected chi connectivity index (χ3v) is 5.88. The molecule has 2 nitrogen and oxygen atoms in total. The highest BCUT2D eigenvalue weighted by Crippen LogP contribution is 2.41. The van der Waals surface area contributed by atoms with Crippen molar-refractivity contribution < 1.29 is 4.79 Å². The lowest BCUT2D eigenvalue weighted by atomic mass is 9.91. The van der Waals surface area contributed by atoms with Gasteiger partial charge in [0, 0.05) is 16.8 Å². The maximum atomic E-state index is 13.0. The number of carbonyl (C=O) groups is 1. The monoisotopic (exact) mass is 357 g/mol. The summed E-state index contributed by atoms with van der Waals surface area (Å²) < 4.78 is -0.108. The van der Waals surface area contributed by atoms with Gasteiger partial charge in [0.2, 0.25) is 0 Å². The Hall–Kier alpha value is -1.48. The van der Waals surface area contributed by atoms with Crippen molar-refractivity contribution in [2.45, 2.75) is 70.2 Å². The summed E-state index contributed by atoms with van der Waals surface area (Å²) in [5, 5.41) is 0.199. The van der Waals surface area contributed by atoms with Gasteiger partial charge in [0.25, 0.3) is 5.24 Å². The standard InChI is InChI=1S/C22H31NOS/c1-18(2)23(19(3)4)21(24)25-22(15-9-6-10-16-22)17-11-14-20-12-7-5-8-13-20/h5,7-9,11-15,18-19H,6,10,16-17H2,1-4H3/b14-11+/t22-/m0/s1. The fourth-order valence-corrected chi connectivity index (χ4v) is 4.87. The maximum Gasteiger partial charge on any atom is 0.282 e. The van der Waals surface area contributed by atoms with Crippen LogP contribution in [0.5, 0.6) is 0 Å². The highest BCUT2D eigenvalue weighted by molar-refractivity contribution is 8.14. The van der Waals surface area contributed by atoms with Crippen molar-refractivity contribution in [3.8, 4) is 0 Å². The van der Waals surface area contributed by atoms with Crippen LogP contribution in [0.4, 0.5) is 4.79 Å². The van der Waals surface area contributed by atoms with E-state index < -0.39 is 0 Å². The molecule has 1 aliphatic carbocycles. The van der Waals surface area contributed by atoms with Gasteiger partial charge in [0.1, 0.15) is 0 Å². The molecule has 0 heterocycles. The molecule has 0 fully saturated rings. The Balaban J connectivity index is 2.12. The largest absolute Gasteiger partial charge is 0.329 e. The molecule has 0 bridgehead atoms. The molecule has 136 valence electrons. The number of amides is 1. The van der Waals surface area contributed by atoms with Crippen LogP contribution in [0.15, 0.2) is 48.6 Å². The van der Waals surface area contributed by atoms with Crippen LogP contribution in [0.1, 0.15) is 58.9 Å².